The molecular formula is C105H94Cl2N2O5. The number of amides is 2. The van der Waals surface area contributed by atoms with E-state index in [-0.39, 0.29) is 5.34 Å². The highest BCUT2D eigenvalue weighted by Gasteiger charge is 2.35. The Bertz CT molecular complexity index is 5910. The number of hydrogen-bond acceptors (Lipinski definition) is 5. The zero-order valence-corrected chi connectivity index (χ0v) is 67.6. The summed E-state index contributed by atoms with van der Waals surface area (Å²) in [6, 6.07) is 100. The molecule has 2 atom stereocenters. The molecule has 6 N–H and O–H groups in total. The fourth-order valence-corrected chi connectivity index (χ4v) is 16.4. The van der Waals surface area contributed by atoms with Crippen molar-refractivity contribution in [2.24, 2.45) is 11.5 Å². The van der Waals surface area contributed by atoms with Crippen LogP contribution in [0.1, 0.15) is 137 Å². The summed E-state index contributed by atoms with van der Waals surface area (Å²) in [7, 11) is 0. The normalized spacial score (nSPS) is 14.9. The minimum atomic E-state index is -1.33. The summed E-state index contributed by atoms with van der Waals surface area (Å²) in [5, 5.41) is 21.1. The topological polar surface area (TPSA) is 144 Å². The van der Waals surface area contributed by atoms with Gasteiger partial charge < -0.3 is 21.7 Å². The van der Waals surface area contributed by atoms with Gasteiger partial charge in [0.15, 0.2) is 6.10 Å². The van der Waals surface area contributed by atoms with E-state index in [2.05, 4.69) is 247 Å². The zero-order chi connectivity index (χ0) is 80.9. The predicted molar refractivity (Wildman–Crippen MR) is 482 cm³/mol. The fourth-order valence-electron chi connectivity index (χ4n) is 16.4. The molecule has 9 heteroatoms. The number of Topliss-reactive ketones (excluding diaryl/α,β-unsaturated/α-hetero) is 1. The van der Waals surface area contributed by atoms with Crippen molar-refractivity contribution in [1.82, 2.24) is 0 Å². The van der Waals surface area contributed by atoms with Crippen LogP contribution in [0.2, 0.25) is 0 Å². The molecule has 12 aromatic carbocycles. The minimum absolute atomic E-state index is 0.194. The van der Waals surface area contributed by atoms with Crippen molar-refractivity contribution in [3.8, 4) is 44.5 Å². The first-order chi connectivity index (χ1) is 55.2. The number of aryl methyl sites for hydroxylation is 4. The third-order valence-corrected chi connectivity index (χ3v) is 21.7. The lowest BCUT2D eigenvalue weighted by Crippen LogP contribution is -2.29. The molecule has 12 aromatic rings. The lowest BCUT2D eigenvalue weighted by molar-refractivity contribution is -0.132. The van der Waals surface area contributed by atoms with E-state index >= 15 is 0 Å². The highest BCUT2D eigenvalue weighted by atomic mass is 35.5. The maximum absolute atomic E-state index is 12.6. The van der Waals surface area contributed by atoms with E-state index in [9.17, 15) is 24.6 Å². The Morgan fingerprint density at radius 1 is 0.333 bits per heavy atom. The maximum Gasteiger partial charge on any atom is 0.289 e. The first kappa shape index (κ1) is 81.2. The van der Waals surface area contributed by atoms with Gasteiger partial charge in [0, 0.05) is 11.1 Å². The van der Waals surface area contributed by atoms with Gasteiger partial charge in [-0.05, 0) is 282 Å². The van der Waals surface area contributed by atoms with Gasteiger partial charge in [-0.1, -0.05) is 298 Å². The quantitative estimate of drug-likeness (QED) is 0.0633. The third kappa shape index (κ3) is 17.2. The first-order valence-electron chi connectivity index (χ1n) is 38.5. The highest BCUT2D eigenvalue weighted by Crippen LogP contribution is 2.50. The van der Waals surface area contributed by atoms with Crippen LogP contribution in [0.3, 0.4) is 0 Å². The summed E-state index contributed by atoms with van der Waals surface area (Å²) in [4.78, 5) is 36.0. The second kappa shape index (κ2) is 36.9. The molecule has 114 heavy (non-hydrogen) atoms. The average Bonchev–Trinajstić information content (AvgIpc) is 1.62. The van der Waals surface area contributed by atoms with Crippen LogP contribution >= 0.6 is 23.2 Å². The summed E-state index contributed by atoms with van der Waals surface area (Å²) in [6.45, 7) is 20.6. The Labute approximate surface area is 681 Å². The van der Waals surface area contributed by atoms with Gasteiger partial charge in [-0.2, -0.15) is 0 Å². The van der Waals surface area contributed by atoms with E-state index in [4.69, 9.17) is 34.7 Å². The van der Waals surface area contributed by atoms with E-state index in [1.165, 1.54) is 89.1 Å². The van der Waals surface area contributed by atoms with E-state index in [0.717, 1.165) is 107 Å². The summed E-state index contributed by atoms with van der Waals surface area (Å²) >= 11 is 9.53. The fraction of sp³-hybridized carbons (Fsp3) is 0.133. The maximum atomic E-state index is 12.6. The summed E-state index contributed by atoms with van der Waals surface area (Å²) in [5.74, 6) is -2.31. The first-order valence-corrected chi connectivity index (χ1v) is 39.6. The van der Waals surface area contributed by atoms with Crippen LogP contribution in [0.4, 0.5) is 0 Å². The SMILES string of the molecule is CC1=C(C(=O)C(N)=O)c2c(C)cccc2/C1=C\c1ccccc1-c1ccccc1.CC1=C(C(C)O)c2c(C)cccc2/C1=C\c1ccccc1-c1ccccc1.CC1=C(C(O)C(N)=O)c2c(C)cccc2/C1=C\c1ccccc1-c1ccccc1.CCC1=C(C)/C(=C/c2ccccc2-c2ccccc2)c2cccc(C)c21.ClCCl. The van der Waals surface area contributed by atoms with Crippen molar-refractivity contribution < 1.29 is 24.6 Å². The van der Waals surface area contributed by atoms with Gasteiger partial charge in [0.2, 0.25) is 0 Å². The van der Waals surface area contributed by atoms with Gasteiger partial charge in [0.05, 0.1) is 11.4 Å². The molecule has 4 aliphatic rings. The Morgan fingerprint density at radius 3 is 0.921 bits per heavy atom. The van der Waals surface area contributed by atoms with E-state index in [1.807, 2.05) is 138 Å². The number of allylic oxidation sites excluding steroid dienone is 9. The molecule has 0 spiro atoms. The van der Waals surface area contributed by atoms with Crippen LogP contribution in [0, 0.1) is 27.7 Å². The summed E-state index contributed by atoms with van der Waals surface area (Å²) in [5.41, 5.74) is 50.6. The molecule has 7 nitrogen and oxygen atoms in total. The predicted octanol–water partition coefficient (Wildman–Crippen LogP) is 25.1. The van der Waals surface area contributed by atoms with Gasteiger partial charge in [-0.25, -0.2) is 0 Å². The van der Waals surface area contributed by atoms with Crippen LogP contribution in [0.15, 0.2) is 313 Å². The molecule has 0 heterocycles. The Hall–Kier alpha value is -12.3. The van der Waals surface area contributed by atoms with Gasteiger partial charge in [0.25, 0.3) is 17.6 Å². The molecule has 4 aliphatic carbocycles. The number of benzene rings is 12. The average molecular weight is 1530 g/mol. The van der Waals surface area contributed by atoms with E-state index < -0.39 is 29.8 Å². The molecule has 0 saturated carbocycles. The molecule has 2 amide bonds. The number of alkyl halides is 2. The number of nitrogens with two attached hydrogens (primary N) is 2. The molecule has 16 rings (SSSR count). The van der Waals surface area contributed by atoms with Crippen LogP contribution in [-0.4, -0.2) is 45.4 Å². The van der Waals surface area contributed by atoms with Crippen molar-refractivity contribution >= 4 is 110 Å². The number of halogens is 2. The summed E-state index contributed by atoms with van der Waals surface area (Å²) < 4.78 is 0. The molecule has 0 aromatic heterocycles. The smallest absolute Gasteiger partial charge is 0.289 e. The van der Waals surface area contributed by atoms with Gasteiger partial charge in [0.1, 0.15) is 0 Å². The number of ketones is 1. The van der Waals surface area contributed by atoms with E-state index in [1.54, 1.807) is 0 Å². The number of carbonyl (C=O) groups is 3. The Balaban J connectivity index is 0.000000139. The van der Waals surface area contributed by atoms with Crippen LogP contribution in [0.25, 0.3) is 113 Å². The standard InChI is InChI=1S/C26H23NO2.C26H21NO2.C26H24O.C26H24.CH2Cl2/c2*1-16-9-8-14-21-22(17(2)24(23(16)21)25(28)26(27)29)15-19-12-6-7-13-20(19)18-10-4-3-5-11-18;1-17-10-9-15-23-24(18(2)26(19(3)27)25(17)23)16-21-13-7-8-14-22(21)20-11-5-4-6-12-20;1-4-22-19(3)25(24-16-10-11-18(2)26(22)24)17-21-14-8-9-15-23(21)20-12-6-5-7-13-20;2-1-3/h3-15,25,28H,1-2H3,(H2,27,29);3-15H,1-2H3,(H2,27,29);4-16,19,27H,1-3H3;5-17H,4H2,1-3H3;1H2/b2*22-15-;24-16-;25-17-;. The lowest BCUT2D eigenvalue weighted by atomic mass is 9.94. The number of hydrogen-bond donors (Lipinski definition) is 4. The van der Waals surface area contributed by atoms with E-state index in [0.29, 0.717) is 11.1 Å². The molecule has 0 radical (unpaired) electrons. The molecule has 0 fully saturated rings. The summed E-state index contributed by atoms with van der Waals surface area (Å²) in [6.07, 6.45) is 8.13. The van der Waals surface area contributed by atoms with Crippen LogP contribution in [-0.2, 0) is 14.4 Å². The van der Waals surface area contributed by atoms with Crippen molar-refractivity contribution in [1.29, 1.82) is 0 Å². The molecule has 2 unspecified atom stereocenters. The highest BCUT2D eigenvalue weighted by molar-refractivity contribution is 6.55. The molecule has 0 saturated heterocycles. The van der Waals surface area contributed by atoms with Crippen molar-refractivity contribution in [2.45, 2.75) is 87.9 Å². The monoisotopic (exact) mass is 1530 g/mol. The van der Waals surface area contributed by atoms with Crippen molar-refractivity contribution in [3.05, 3.63) is 402 Å². The van der Waals surface area contributed by atoms with Crippen LogP contribution < -0.4 is 11.5 Å². The second-order valence-electron chi connectivity index (χ2n) is 28.8. The molecule has 0 bridgehead atoms. The Kier molecular flexibility index (Phi) is 26.3. The van der Waals surface area contributed by atoms with Gasteiger partial charge in [-0.3, -0.25) is 14.4 Å². The number of fused-ring (bicyclic) bond motifs is 4. The van der Waals surface area contributed by atoms with Crippen molar-refractivity contribution in [3.63, 3.8) is 0 Å². The number of primary amides is 2. The largest absolute Gasteiger partial charge is 0.389 e. The molecular weight excluding hydrogens is 1440 g/mol. The van der Waals surface area contributed by atoms with Crippen molar-refractivity contribution in [2.75, 3.05) is 5.34 Å². The van der Waals surface area contributed by atoms with Gasteiger partial charge >= 0.3 is 0 Å². The molecule has 568 valence electrons. The number of carbonyl (C=O) groups excluding carboxylic acids is 3. The molecule has 0 aliphatic heterocycles. The number of aliphatic hydroxyl groups excluding tert-OH is 2. The van der Waals surface area contributed by atoms with Crippen LogP contribution in [0.5, 0.6) is 0 Å². The third-order valence-electron chi connectivity index (χ3n) is 21.7. The van der Waals surface area contributed by atoms with Gasteiger partial charge in [-0.15, -0.1) is 23.2 Å². The number of aliphatic hydroxyl groups is 2. The second-order valence-corrected chi connectivity index (χ2v) is 29.7. The Morgan fingerprint density at radius 2 is 0.596 bits per heavy atom. The zero-order valence-electron chi connectivity index (χ0n) is 66.1. The minimum Gasteiger partial charge on any atom is -0.389 e. The lowest BCUT2D eigenvalue weighted by Gasteiger charge is -2.13. The number of rotatable bonds is 14.